The lowest BCUT2D eigenvalue weighted by Crippen LogP contribution is -2.49. The zero-order valence-corrected chi connectivity index (χ0v) is 14.2. The molecule has 0 saturated carbocycles. The molecule has 8 nitrogen and oxygen atoms in total. The Hall–Kier alpha value is -1.17. The largest absolute Gasteiger partial charge is 0.403 e. The molecule has 120 valence electrons. The molecule has 0 saturated heterocycles. The summed E-state index contributed by atoms with van der Waals surface area (Å²) in [4.78, 5) is 0. The Labute approximate surface area is 131 Å². The van der Waals surface area contributed by atoms with E-state index in [0.717, 1.165) is 19.4 Å². The van der Waals surface area contributed by atoms with Crippen LogP contribution in [0.15, 0.2) is 11.8 Å². The van der Waals surface area contributed by atoms with E-state index in [0.29, 0.717) is 12.1 Å². The summed E-state index contributed by atoms with van der Waals surface area (Å²) in [5, 5.41) is 27.3. The Kier molecular flexibility index (Phi) is 9.95. The average molecular weight is 332 g/mol. The lowest BCUT2D eigenvalue weighted by atomic mass is 10.3. The van der Waals surface area contributed by atoms with E-state index in [1.165, 1.54) is 0 Å². The van der Waals surface area contributed by atoms with Gasteiger partial charge < -0.3 is 11.1 Å². The number of hydrogen-bond donors (Lipinski definition) is 7. The first kappa shape index (κ1) is 19.8. The Morgan fingerprint density at radius 1 is 1.57 bits per heavy atom. The molecule has 0 radical (unpaired) electrons. The van der Waals surface area contributed by atoms with Gasteiger partial charge in [0, 0.05) is 18.7 Å². The highest BCUT2D eigenvalue weighted by Crippen LogP contribution is 2.26. The first-order valence-corrected chi connectivity index (χ1v) is 9.51. The van der Waals surface area contributed by atoms with E-state index >= 15 is 0 Å². The molecule has 2 atom stereocenters. The third kappa shape index (κ3) is 11.2. The predicted molar refractivity (Wildman–Crippen MR) is 90.5 cm³/mol. The highest BCUT2D eigenvalue weighted by Gasteiger charge is 2.17. The summed E-state index contributed by atoms with van der Waals surface area (Å²) < 4.78 is 0. The van der Waals surface area contributed by atoms with Crippen molar-refractivity contribution in [3.05, 3.63) is 11.8 Å². The summed E-state index contributed by atoms with van der Waals surface area (Å²) >= 11 is 5.35. The monoisotopic (exact) mass is 332 g/mol. The second-order valence-electron chi connectivity index (χ2n) is 4.54. The average Bonchev–Trinajstić information content (AvgIpc) is 2.36. The summed E-state index contributed by atoms with van der Waals surface area (Å²) in [5.74, 6) is -0.123. The standard InChI is InChI=1S/C11H25N8PS/c1-3-4-7-17-20(15,21)19-10(6-5-9(2)13)18-11(14)16-8-12/h5,10H,3-4,6-7,13H2,1-2H3,(H3,14,16,18)(H4,15,17,19,21)/b9-5+. The van der Waals surface area contributed by atoms with Crippen molar-refractivity contribution in [2.75, 3.05) is 6.54 Å². The van der Waals surface area contributed by atoms with Gasteiger partial charge in [-0.05, 0) is 25.2 Å². The molecule has 10 heteroatoms. The van der Waals surface area contributed by atoms with Gasteiger partial charge in [-0.2, -0.15) is 5.26 Å². The van der Waals surface area contributed by atoms with Crippen LogP contribution in [-0.4, -0.2) is 18.7 Å². The predicted octanol–water partition coefficient (Wildman–Crippen LogP) is 0.323. The van der Waals surface area contributed by atoms with Crippen LogP contribution in [0.4, 0.5) is 0 Å². The number of rotatable bonds is 9. The molecule has 0 spiro atoms. The zero-order valence-electron chi connectivity index (χ0n) is 12.4. The van der Waals surface area contributed by atoms with Crippen LogP contribution < -0.4 is 32.0 Å². The number of nitrogens with two attached hydrogens (primary N) is 2. The van der Waals surface area contributed by atoms with Crippen LogP contribution in [0.25, 0.3) is 0 Å². The third-order valence-corrected chi connectivity index (χ3v) is 4.49. The van der Waals surface area contributed by atoms with Gasteiger partial charge in [-0.1, -0.05) is 19.4 Å². The first-order valence-electron chi connectivity index (χ1n) is 6.64. The fraction of sp³-hybridized carbons (Fsp3) is 0.636. The van der Waals surface area contributed by atoms with E-state index < -0.39 is 6.49 Å². The van der Waals surface area contributed by atoms with Crippen molar-refractivity contribution in [1.29, 1.82) is 10.7 Å². The van der Waals surface area contributed by atoms with Gasteiger partial charge in [0.05, 0.1) is 6.17 Å². The quantitative estimate of drug-likeness (QED) is 0.0607. The van der Waals surface area contributed by atoms with E-state index in [4.69, 9.17) is 33.7 Å². The SMILES string of the molecule is CCCCNP(N)(=S)NC(C/C=C(\C)N)NC(=N)NC#N. The van der Waals surface area contributed by atoms with Gasteiger partial charge in [0.2, 0.25) is 5.96 Å². The molecule has 2 unspecified atom stereocenters. The van der Waals surface area contributed by atoms with Crippen LogP contribution in [0.1, 0.15) is 33.1 Å². The van der Waals surface area contributed by atoms with E-state index in [-0.39, 0.29) is 12.1 Å². The number of nitrogens with zero attached hydrogens (tertiary/aromatic N) is 1. The van der Waals surface area contributed by atoms with E-state index in [2.05, 4.69) is 27.7 Å². The molecule has 0 amide bonds. The molecule has 0 aliphatic carbocycles. The number of unbranched alkanes of at least 4 members (excludes halogenated alkanes) is 1. The maximum absolute atomic E-state index is 8.50. The van der Waals surface area contributed by atoms with Crippen molar-refractivity contribution < 1.29 is 0 Å². The molecule has 0 heterocycles. The van der Waals surface area contributed by atoms with Crippen LogP contribution >= 0.6 is 6.49 Å². The molecule has 21 heavy (non-hydrogen) atoms. The van der Waals surface area contributed by atoms with Gasteiger partial charge in [0.25, 0.3) is 0 Å². The maximum Gasteiger partial charge on any atom is 0.203 e. The van der Waals surface area contributed by atoms with Gasteiger partial charge in [-0.3, -0.25) is 21.3 Å². The van der Waals surface area contributed by atoms with Gasteiger partial charge in [0.1, 0.15) is 6.49 Å². The summed E-state index contributed by atoms with van der Waals surface area (Å²) in [6.45, 7) is 2.18. The smallest absolute Gasteiger partial charge is 0.203 e. The fourth-order valence-corrected chi connectivity index (χ4v) is 3.28. The van der Waals surface area contributed by atoms with Crippen molar-refractivity contribution in [1.82, 2.24) is 20.8 Å². The number of nitrogens with one attached hydrogen (secondary N) is 5. The topological polar surface area (TPSA) is 148 Å². The van der Waals surface area contributed by atoms with E-state index in [1.807, 2.05) is 0 Å². The summed E-state index contributed by atoms with van der Waals surface area (Å²) in [5.41, 5.74) is 12.3. The number of guanidine groups is 1. The van der Waals surface area contributed by atoms with Gasteiger partial charge in [-0.25, -0.2) is 5.09 Å². The lowest BCUT2D eigenvalue weighted by molar-refractivity contribution is 0.579. The van der Waals surface area contributed by atoms with Gasteiger partial charge >= 0.3 is 0 Å². The number of allylic oxidation sites excluding steroid dienone is 1. The summed E-state index contributed by atoms with van der Waals surface area (Å²) in [6.07, 6.45) is 5.61. The maximum atomic E-state index is 8.50. The zero-order chi connectivity index (χ0) is 16.3. The van der Waals surface area contributed by atoms with E-state index in [9.17, 15) is 0 Å². The normalized spacial score (nSPS) is 15.6. The minimum atomic E-state index is -2.42. The molecular formula is C11H25N8PS. The van der Waals surface area contributed by atoms with E-state index in [1.54, 1.807) is 19.2 Å². The first-order chi connectivity index (χ1) is 9.80. The summed E-state index contributed by atoms with van der Waals surface area (Å²) in [7, 11) is 0. The summed E-state index contributed by atoms with van der Waals surface area (Å²) in [6, 6.07) is 0. The van der Waals surface area contributed by atoms with Crippen molar-refractivity contribution in [2.24, 2.45) is 11.2 Å². The van der Waals surface area contributed by atoms with Gasteiger partial charge in [-0.15, -0.1) is 0 Å². The Morgan fingerprint density at radius 3 is 2.76 bits per heavy atom. The lowest BCUT2D eigenvalue weighted by Gasteiger charge is -2.27. The van der Waals surface area contributed by atoms with Crippen molar-refractivity contribution in [3.63, 3.8) is 0 Å². The molecule has 0 aliphatic rings. The highest BCUT2D eigenvalue weighted by molar-refractivity contribution is 8.11. The van der Waals surface area contributed by atoms with Gasteiger partial charge in [0.15, 0.2) is 6.19 Å². The Balaban J connectivity index is 4.64. The fourth-order valence-electron chi connectivity index (χ4n) is 1.41. The highest BCUT2D eigenvalue weighted by atomic mass is 32.4. The minimum absolute atomic E-state index is 0.123. The minimum Gasteiger partial charge on any atom is -0.403 e. The van der Waals surface area contributed by atoms with Crippen molar-refractivity contribution >= 4 is 24.3 Å². The van der Waals surface area contributed by atoms with Crippen LogP contribution in [0, 0.1) is 16.9 Å². The molecule has 0 aromatic carbocycles. The Bertz CT molecular complexity index is 440. The second kappa shape index (κ2) is 10.5. The molecule has 0 bridgehead atoms. The molecule has 0 rings (SSSR count). The molecule has 0 aromatic heterocycles. The number of nitriles is 1. The Morgan fingerprint density at radius 2 is 2.24 bits per heavy atom. The third-order valence-electron chi connectivity index (χ3n) is 2.40. The van der Waals surface area contributed by atoms with Crippen LogP contribution in [-0.2, 0) is 11.8 Å². The van der Waals surface area contributed by atoms with Crippen molar-refractivity contribution in [2.45, 2.75) is 39.3 Å². The van der Waals surface area contributed by atoms with Crippen molar-refractivity contribution in [3.8, 4) is 6.19 Å². The number of hydrogen-bond acceptors (Lipinski definition) is 4. The second-order valence-corrected chi connectivity index (χ2v) is 8.16. The molecule has 0 aliphatic heterocycles. The molecular weight excluding hydrogens is 307 g/mol. The van der Waals surface area contributed by atoms with Crippen LogP contribution in [0.3, 0.4) is 0 Å². The van der Waals surface area contributed by atoms with Crippen LogP contribution in [0.2, 0.25) is 0 Å². The molecule has 9 N–H and O–H groups in total. The van der Waals surface area contributed by atoms with Crippen LogP contribution in [0.5, 0.6) is 0 Å². The molecule has 0 aromatic rings. The molecule has 0 fully saturated rings.